The van der Waals surface area contributed by atoms with Crippen molar-refractivity contribution in [1.82, 2.24) is 14.6 Å². The number of piperidine rings is 1. The first-order valence-electron chi connectivity index (χ1n) is 15.7. The Bertz CT molecular complexity index is 1540. The highest BCUT2D eigenvalue weighted by molar-refractivity contribution is 6.30. The van der Waals surface area contributed by atoms with Gasteiger partial charge in [0.05, 0.1) is 48.4 Å². The Balaban J connectivity index is 1.67. The molecule has 1 aliphatic rings. The van der Waals surface area contributed by atoms with Gasteiger partial charge in [-0.2, -0.15) is 9.61 Å². The number of hydrogen-bond donors (Lipinski definition) is 1. The van der Waals surface area contributed by atoms with E-state index in [0.29, 0.717) is 65.3 Å². The Kier molecular flexibility index (Phi) is 11.5. The van der Waals surface area contributed by atoms with Crippen molar-refractivity contribution in [3.8, 4) is 5.75 Å². The molecule has 1 aliphatic heterocycles. The maximum atomic E-state index is 12.7. The van der Waals surface area contributed by atoms with Crippen LogP contribution >= 0.6 is 11.6 Å². The molecule has 11 heteroatoms. The average Bonchev–Trinajstić information content (AvgIpc) is 3.37. The molecule has 0 radical (unpaired) electrons. The molecule has 0 spiro atoms. The van der Waals surface area contributed by atoms with Gasteiger partial charge in [0.1, 0.15) is 11.6 Å². The van der Waals surface area contributed by atoms with E-state index in [1.165, 1.54) is 0 Å². The van der Waals surface area contributed by atoms with Crippen molar-refractivity contribution in [2.45, 2.75) is 97.4 Å². The largest absolute Gasteiger partial charge is 0.490 e. The normalized spacial score (nSPS) is 16.3. The zero-order valence-corrected chi connectivity index (χ0v) is 28.6. The van der Waals surface area contributed by atoms with E-state index in [4.69, 9.17) is 40.6 Å². The van der Waals surface area contributed by atoms with Gasteiger partial charge in [0.25, 0.3) is 0 Å². The molecule has 0 amide bonds. The molecule has 2 unspecified atom stereocenters. The summed E-state index contributed by atoms with van der Waals surface area (Å²) in [5, 5.41) is 15.8. The van der Waals surface area contributed by atoms with E-state index >= 15 is 0 Å². The van der Waals surface area contributed by atoms with Crippen LogP contribution in [-0.4, -0.2) is 62.7 Å². The Morgan fingerprint density at radius 3 is 2.52 bits per heavy atom. The SMILES string of the molecule is C=CCOC1(C)CCN(c2c(C(OC(C)(C)C)C(=O)O)c(C)nc3cc(COCc4ccc(Cl)cc4OC(C)CC=C)nn23)CC1. The van der Waals surface area contributed by atoms with Crippen LogP contribution in [0.4, 0.5) is 5.82 Å². The Morgan fingerprint density at radius 1 is 1.17 bits per heavy atom. The molecule has 4 rings (SSSR count). The van der Waals surface area contributed by atoms with Gasteiger partial charge in [0.2, 0.25) is 0 Å². The highest BCUT2D eigenvalue weighted by Crippen LogP contribution is 2.38. The van der Waals surface area contributed by atoms with Crippen molar-refractivity contribution in [3.63, 3.8) is 0 Å². The number of fused-ring (bicyclic) bond motifs is 1. The number of benzene rings is 1. The van der Waals surface area contributed by atoms with E-state index in [1.807, 2.05) is 52.8 Å². The molecule has 1 N–H and O–H groups in total. The topological polar surface area (TPSA) is 108 Å². The number of aromatic nitrogens is 3. The molecule has 250 valence electrons. The minimum Gasteiger partial charge on any atom is -0.490 e. The molecule has 2 atom stereocenters. The first kappa shape index (κ1) is 35.4. The number of carbonyl (C=O) groups is 1. The molecule has 1 fully saturated rings. The van der Waals surface area contributed by atoms with Crippen LogP contribution in [-0.2, 0) is 32.2 Å². The lowest BCUT2D eigenvalue weighted by atomic mass is 9.92. The van der Waals surface area contributed by atoms with Crippen molar-refractivity contribution >= 4 is 29.0 Å². The first-order valence-corrected chi connectivity index (χ1v) is 16.0. The fraction of sp³-hybridized carbons (Fsp3) is 0.514. The summed E-state index contributed by atoms with van der Waals surface area (Å²) < 4.78 is 26.2. The molecule has 10 nitrogen and oxygen atoms in total. The average molecular weight is 655 g/mol. The minimum atomic E-state index is -1.24. The second kappa shape index (κ2) is 15.0. The predicted molar refractivity (Wildman–Crippen MR) is 180 cm³/mol. The molecule has 0 aliphatic carbocycles. The van der Waals surface area contributed by atoms with Crippen LogP contribution in [0.15, 0.2) is 49.6 Å². The van der Waals surface area contributed by atoms with E-state index < -0.39 is 17.7 Å². The van der Waals surface area contributed by atoms with E-state index in [2.05, 4.69) is 25.0 Å². The summed E-state index contributed by atoms with van der Waals surface area (Å²) in [6, 6.07) is 7.35. The number of nitrogens with zero attached hydrogens (tertiary/aromatic N) is 4. The van der Waals surface area contributed by atoms with E-state index in [0.717, 1.165) is 18.4 Å². The third-order valence-electron chi connectivity index (χ3n) is 7.85. The van der Waals surface area contributed by atoms with Crippen molar-refractivity contribution in [1.29, 1.82) is 0 Å². The van der Waals surface area contributed by atoms with Crippen LogP contribution in [0.5, 0.6) is 5.75 Å². The molecule has 2 aromatic heterocycles. The van der Waals surface area contributed by atoms with Gasteiger partial charge >= 0.3 is 5.97 Å². The summed E-state index contributed by atoms with van der Waals surface area (Å²) in [5.41, 5.74) is 2.15. The van der Waals surface area contributed by atoms with Crippen LogP contribution in [0.2, 0.25) is 5.02 Å². The number of carboxylic acid groups (broad SMARTS) is 1. The minimum absolute atomic E-state index is 0.0619. The predicted octanol–water partition coefficient (Wildman–Crippen LogP) is 7.25. The summed E-state index contributed by atoms with van der Waals surface area (Å²) in [6.07, 6.45) is 4.46. The molecule has 1 saturated heterocycles. The quantitative estimate of drug-likeness (QED) is 0.170. The Hall–Kier alpha value is -3.44. The van der Waals surface area contributed by atoms with Gasteiger partial charge in [-0.1, -0.05) is 29.8 Å². The van der Waals surface area contributed by atoms with Crippen molar-refractivity contribution in [2.75, 3.05) is 24.6 Å². The highest BCUT2D eigenvalue weighted by Gasteiger charge is 2.37. The second-order valence-electron chi connectivity index (χ2n) is 13.0. The number of hydrogen-bond acceptors (Lipinski definition) is 8. The summed E-state index contributed by atoms with van der Waals surface area (Å²) in [6.45, 7) is 21.2. The fourth-order valence-corrected chi connectivity index (χ4v) is 5.71. The Labute approximate surface area is 276 Å². The number of carboxylic acids is 1. The lowest BCUT2D eigenvalue weighted by Gasteiger charge is -2.41. The lowest BCUT2D eigenvalue weighted by molar-refractivity contribution is -0.160. The molecular weight excluding hydrogens is 608 g/mol. The second-order valence-corrected chi connectivity index (χ2v) is 13.5. The molecule has 0 saturated carbocycles. The van der Waals surface area contributed by atoms with Crippen LogP contribution in [0.25, 0.3) is 5.65 Å². The number of anilines is 1. The monoisotopic (exact) mass is 654 g/mol. The highest BCUT2D eigenvalue weighted by atomic mass is 35.5. The number of aryl methyl sites for hydroxylation is 1. The standard InChI is InChI=1S/C35H47ClN4O6/c1-9-11-23(3)45-28-19-26(36)13-12-25(28)21-43-22-27-20-29-37-24(4)30(31(33(41)42)46-34(5,6)7)32(40(29)38-27)39-16-14-35(8,15-17-39)44-18-10-2/h9-10,12-13,19-20,23,31H,1-2,11,14-18,21-22H2,3-8H3,(H,41,42). The van der Waals surface area contributed by atoms with Gasteiger partial charge < -0.3 is 29.0 Å². The van der Waals surface area contributed by atoms with Gasteiger partial charge in [-0.05, 0) is 66.5 Å². The van der Waals surface area contributed by atoms with Gasteiger partial charge in [-0.15, -0.1) is 13.2 Å². The number of rotatable bonds is 15. The fourth-order valence-electron chi connectivity index (χ4n) is 5.55. The van der Waals surface area contributed by atoms with Crippen LogP contribution in [0.3, 0.4) is 0 Å². The van der Waals surface area contributed by atoms with Crippen molar-refractivity contribution in [3.05, 3.63) is 77.1 Å². The lowest BCUT2D eigenvalue weighted by Crippen LogP contribution is -2.45. The molecular formula is C35H47ClN4O6. The van der Waals surface area contributed by atoms with E-state index in [9.17, 15) is 9.90 Å². The van der Waals surface area contributed by atoms with Crippen LogP contribution in [0, 0.1) is 6.92 Å². The number of ether oxygens (including phenoxy) is 4. The number of halogens is 1. The molecule has 3 heterocycles. The van der Waals surface area contributed by atoms with Gasteiger partial charge in [-0.3, -0.25) is 0 Å². The molecule has 0 bridgehead atoms. The smallest absolute Gasteiger partial charge is 0.337 e. The number of aliphatic carboxylic acids is 1. The zero-order valence-electron chi connectivity index (χ0n) is 27.8. The summed E-state index contributed by atoms with van der Waals surface area (Å²) in [7, 11) is 0. The summed E-state index contributed by atoms with van der Waals surface area (Å²) in [4.78, 5) is 19.6. The van der Waals surface area contributed by atoms with Gasteiger partial charge in [0.15, 0.2) is 11.8 Å². The summed E-state index contributed by atoms with van der Waals surface area (Å²) >= 11 is 6.25. The van der Waals surface area contributed by atoms with Gasteiger partial charge in [-0.25, -0.2) is 9.78 Å². The van der Waals surface area contributed by atoms with Crippen LogP contribution < -0.4 is 9.64 Å². The Morgan fingerprint density at radius 2 is 1.89 bits per heavy atom. The zero-order chi connectivity index (χ0) is 33.6. The molecule has 46 heavy (non-hydrogen) atoms. The van der Waals surface area contributed by atoms with Gasteiger partial charge in [0, 0.05) is 41.9 Å². The van der Waals surface area contributed by atoms with E-state index in [1.54, 1.807) is 22.7 Å². The molecule has 3 aromatic rings. The first-order chi connectivity index (χ1) is 21.7. The third kappa shape index (κ3) is 8.88. The van der Waals surface area contributed by atoms with Crippen molar-refractivity contribution in [2.24, 2.45) is 0 Å². The molecule has 1 aromatic carbocycles. The third-order valence-corrected chi connectivity index (χ3v) is 8.08. The maximum Gasteiger partial charge on any atom is 0.337 e. The maximum absolute atomic E-state index is 12.7. The van der Waals surface area contributed by atoms with E-state index in [-0.39, 0.29) is 24.9 Å². The van der Waals surface area contributed by atoms with Crippen molar-refractivity contribution < 1.29 is 28.8 Å². The summed E-state index contributed by atoms with van der Waals surface area (Å²) in [5.74, 6) is 0.227. The van der Waals surface area contributed by atoms with Crippen LogP contribution in [0.1, 0.15) is 82.5 Å².